The maximum Gasteiger partial charge on any atom is 0.404 e. The predicted molar refractivity (Wildman–Crippen MR) is 171 cm³/mol. The predicted octanol–water partition coefficient (Wildman–Crippen LogP) is 5.28. The number of hydrogen-bond donors (Lipinski definition) is 3. The third-order valence-electron chi connectivity index (χ3n) is 6.61. The minimum Gasteiger partial charge on any atom is -0.497 e. The SMILES string of the molecule is COc1ccc(CNc2cnnc3cc(-c4cc(Cl)ccc4OCCOCCOCCOCCNC(=O)O)ccc23)c(OC)c1. The number of amides is 1. The van der Waals surface area contributed by atoms with E-state index in [2.05, 4.69) is 20.8 Å². The van der Waals surface area contributed by atoms with Crippen molar-refractivity contribution in [3.8, 4) is 28.4 Å². The molecule has 1 heterocycles. The van der Waals surface area contributed by atoms with Crippen LogP contribution < -0.4 is 24.8 Å². The molecule has 0 aliphatic carbocycles. The summed E-state index contributed by atoms with van der Waals surface area (Å²) in [6.07, 6.45) is 0.631. The van der Waals surface area contributed by atoms with Crippen molar-refractivity contribution in [3.63, 3.8) is 0 Å². The van der Waals surface area contributed by atoms with E-state index < -0.39 is 6.09 Å². The molecule has 4 rings (SSSR count). The Morgan fingerprint density at radius 2 is 1.60 bits per heavy atom. The van der Waals surface area contributed by atoms with E-state index in [9.17, 15) is 4.79 Å². The number of carbonyl (C=O) groups is 1. The second-order valence-corrected chi connectivity index (χ2v) is 10.0. The summed E-state index contributed by atoms with van der Waals surface area (Å²) in [5.41, 5.74) is 4.25. The van der Waals surface area contributed by atoms with Gasteiger partial charge in [0.05, 0.1) is 71.3 Å². The number of hydrogen-bond acceptors (Lipinski definition) is 10. The lowest BCUT2D eigenvalue weighted by molar-refractivity contribution is 0.00996. The molecule has 13 heteroatoms. The molecule has 0 unspecified atom stereocenters. The van der Waals surface area contributed by atoms with Gasteiger partial charge >= 0.3 is 6.09 Å². The number of halogens is 1. The minimum absolute atomic E-state index is 0.240. The zero-order chi connectivity index (χ0) is 31.9. The summed E-state index contributed by atoms with van der Waals surface area (Å²) in [6.45, 7) is 3.36. The third kappa shape index (κ3) is 10.4. The summed E-state index contributed by atoms with van der Waals surface area (Å²) in [5.74, 6) is 2.13. The number of ether oxygens (including phenoxy) is 6. The Morgan fingerprint density at radius 1 is 0.844 bits per heavy atom. The first kappa shape index (κ1) is 33.5. The summed E-state index contributed by atoms with van der Waals surface area (Å²) in [5, 5.41) is 24.2. The van der Waals surface area contributed by atoms with Crippen LogP contribution in [0.4, 0.5) is 10.5 Å². The summed E-state index contributed by atoms with van der Waals surface area (Å²) < 4.78 is 33.2. The van der Waals surface area contributed by atoms with Gasteiger partial charge in [-0.1, -0.05) is 17.7 Å². The van der Waals surface area contributed by atoms with Crippen LogP contribution in [-0.2, 0) is 20.8 Å². The van der Waals surface area contributed by atoms with Gasteiger partial charge in [-0.05, 0) is 48.0 Å². The summed E-state index contributed by atoms with van der Waals surface area (Å²) >= 11 is 6.36. The topological polar surface area (TPSA) is 143 Å². The van der Waals surface area contributed by atoms with Crippen LogP contribution in [0.2, 0.25) is 5.02 Å². The number of aromatic nitrogens is 2. The second kappa shape index (κ2) is 17.8. The monoisotopic (exact) mass is 640 g/mol. The molecule has 0 spiro atoms. The van der Waals surface area contributed by atoms with Crippen LogP contribution in [-0.4, -0.2) is 88.4 Å². The molecular formula is C32H37ClN4O8. The van der Waals surface area contributed by atoms with Gasteiger partial charge in [-0.3, -0.25) is 0 Å². The Labute approximate surface area is 266 Å². The number of fused-ring (bicyclic) bond motifs is 1. The Hall–Kier alpha value is -4.36. The summed E-state index contributed by atoms with van der Waals surface area (Å²) in [7, 11) is 3.26. The molecule has 0 saturated carbocycles. The van der Waals surface area contributed by atoms with Crippen LogP contribution in [0.15, 0.2) is 60.8 Å². The van der Waals surface area contributed by atoms with Gasteiger partial charge in [0, 0.05) is 40.7 Å². The van der Waals surface area contributed by atoms with E-state index in [0.717, 1.165) is 44.8 Å². The Bertz CT molecular complexity index is 1540. The first-order valence-electron chi connectivity index (χ1n) is 14.3. The molecule has 0 aliphatic heterocycles. The molecule has 0 radical (unpaired) electrons. The highest BCUT2D eigenvalue weighted by atomic mass is 35.5. The maximum absolute atomic E-state index is 10.4. The van der Waals surface area contributed by atoms with Crippen molar-refractivity contribution < 1.29 is 38.3 Å². The van der Waals surface area contributed by atoms with Crippen LogP contribution in [0.25, 0.3) is 22.0 Å². The first-order valence-corrected chi connectivity index (χ1v) is 14.7. The molecule has 0 atom stereocenters. The van der Waals surface area contributed by atoms with Crippen LogP contribution >= 0.6 is 11.6 Å². The van der Waals surface area contributed by atoms with Crippen molar-refractivity contribution in [1.29, 1.82) is 0 Å². The molecule has 12 nitrogen and oxygen atoms in total. The summed E-state index contributed by atoms with van der Waals surface area (Å²) in [4.78, 5) is 10.4. The lowest BCUT2D eigenvalue weighted by Gasteiger charge is -2.15. The van der Waals surface area contributed by atoms with Crippen molar-refractivity contribution in [1.82, 2.24) is 15.5 Å². The number of methoxy groups -OCH3 is 2. The fourth-order valence-electron chi connectivity index (χ4n) is 4.39. The lowest BCUT2D eigenvalue weighted by Crippen LogP contribution is -2.25. The van der Waals surface area contributed by atoms with Crippen molar-refractivity contribution in [2.75, 3.05) is 72.3 Å². The number of rotatable bonds is 19. The zero-order valence-corrected chi connectivity index (χ0v) is 26.0. The normalized spacial score (nSPS) is 10.9. The molecule has 1 aromatic heterocycles. The molecule has 45 heavy (non-hydrogen) atoms. The number of anilines is 1. The van der Waals surface area contributed by atoms with Crippen molar-refractivity contribution in [2.24, 2.45) is 0 Å². The molecule has 0 aliphatic rings. The molecule has 0 bridgehead atoms. The van der Waals surface area contributed by atoms with Crippen molar-refractivity contribution in [3.05, 3.63) is 71.4 Å². The van der Waals surface area contributed by atoms with Crippen LogP contribution in [0.3, 0.4) is 0 Å². The number of benzene rings is 3. The van der Waals surface area contributed by atoms with Crippen LogP contribution in [0, 0.1) is 0 Å². The van der Waals surface area contributed by atoms with E-state index in [-0.39, 0.29) is 6.54 Å². The number of nitrogens with zero attached hydrogens (tertiary/aromatic N) is 2. The highest BCUT2D eigenvalue weighted by Crippen LogP contribution is 2.35. The molecular weight excluding hydrogens is 604 g/mol. The average molecular weight is 641 g/mol. The first-order chi connectivity index (χ1) is 22.0. The van der Waals surface area contributed by atoms with E-state index >= 15 is 0 Å². The van der Waals surface area contributed by atoms with Gasteiger partial charge < -0.3 is 44.2 Å². The van der Waals surface area contributed by atoms with Gasteiger partial charge in [0.15, 0.2) is 0 Å². The quantitative estimate of drug-likeness (QED) is 0.115. The smallest absolute Gasteiger partial charge is 0.404 e. The van der Waals surface area contributed by atoms with Gasteiger partial charge in [0.2, 0.25) is 0 Å². The highest BCUT2D eigenvalue weighted by Gasteiger charge is 2.12. The molecule has 240 valence electrons. The van der Waals surface area contributed by atoms with Crippen molar-refractivity contribution in [2.45, 2.75) is 6.54 Å². The average Bonchev–Trinajstić information content (AvgIpc) is 3.05. The third-order valence-corrected chi connectivity index (χ3v) is 6.84. The van der Waals surface area contributed by atoms with Gasteiger partial charge in [-0.15, -0.1) is 0 Å². The molecule has 3 aromatic carbocycles. The van der Waals surface area contributed by atoms with Crippen LogP contribution in [0.1, 0.15) is 5.56 Å². The van der Waals surface area contributed by atoms with Crippen LogP contribution in [0.5, 0.6) is 17.2 Å². The minimum atomic E-state index is -1.07. The van der Waals surface area contributed by atoms with E-state index in [4.69, 9.17) is 45.1 Å². The summed E-state index contributed by atoms with van der Waals surface area (Å²) in [6, 6.07) is 17.1. The van der Waals surface area contributed by atoms with Gasteiger partial charge in [0.1, 0.15) is 23.9 Å². The van der Waals surface area contributed by atoms with Gasteiger partial charge in [0.25, 0.3) is 0 Å². The Balaban J connectivity index is 1.29. The standard InChI is InChI=1S/C32H37ClN4O8/c1-40-25-6-3-23(31(19-25)41-2)20-35-29-21-36-37-28-17-22(4-7-26(28)29)27-18-24(33)5-8-30(27)45-16-15-44-14-13-43-12-11-42-10-9-34-32(38)39/h3-8,17-19,21,34H,9-16,20H2,1-2H3,(H,35,37)(H,38,39). The number of nitrogens with one attached hydrogen (secondary N) is 2. The largest absolute Gasteiger partial charge is 0.497 e. The van der Waals surface area contributed by atoms with E-state index in [0.29, 0.717) is 63.6 Å². The number of carboxylic acid groups (broad SMARTS) is 1. The van der Waals surface area contributed by atoms with Gasteiger partial charge in [-0.2, -0.15) is 10.2 Å². The zero-order valence-electron chi connectivity index (χ0n) is 25.2. The molecule has 0 fully saturated rings. The van der Waals surface area contributed by atoms with E-state index in [1.807, 2.05) is 48.5 Å². The lowest BCUT2D eigenvalue weighted by atomic mass is 10.0. The molecule has 1 amide bonds. The highest BCUT2D eigenvalue weighted by molar-refractivity contribution is 6.31. The molecule has 3 N–H and O–H groups in total. The fraction of sp³-hybridized carbons (Fsp3) is 0.344. The maximum atomic E-state index is 10.4. The fourth-order valence-corrected chi connectivity index (χ4v) is 4.57. The van der Waals surface area contributed by atoms with E-state index in [1.54, 1.807) is 26.5 Å². The van der Waals surface area contributed by atoms with Crippen molar-refractivity contribution >= 4 is 34.3 Å². The van der Waals surface area contributed by atoms with Gasteiger partial charge in [-0.25, -0.2) is 4.79 Å². The Morgan fingerprint density at radius 3 is 2.33 bits per heavy atom. The second-order valence-electron chi connectivity index (χ2n) is 9.58. The Kier molecular flexibility index (Phi) is 13.3. The van der Waals surface area contributed by atoms with E-state index in [1.165, 1.54) is 0 Å². The molecule has 4 aromatic rings. The molecule has 0 saturated heterocycles.